The molecule has 2 heterocycles. The first kappa shape index (κ1) is 11.5. The summed E-state index contributed by atoms with van der Waals surface area (Å²) in [7, 11) is 0. The van der Waals surface area contributed by atoms with E-state index in [4.69, 9.17) is 23.2 Å². The Morgan fingerprint density at radius 1 is 1.29 bits per heavy atom. The highest BCUT2D eigenvalue weighted by atomic mass is 35.5. The van der Waals surface area contributed by atoms with Gasteiger partial charge in [-0.15, -0.1) is 0 Å². The Kier molecular flexibility index (Phi) is 3.12. The van der Waals surface area contributed by atoms with Crippen LogP contribution in [0.15, 0.2) is 18.3 Å². The lowest BCUT2D eigenvalue weighted by atomic mass is 9.78. The number of rotatable bonds is 1. The largest absolute Gasteiger partial charge is 0.316 e. The molecule has 0 bridgehead atoms. The molecule has 1 aliphatic carbocycles. The van der Waals surface area contributed by atoms with Crippen molar-refractivity contribution in [2.24, 2.45) is 11.8 Å². The molecule has 1 N–H and O–H groups in total. The maximum absolute atomic E-state index is 6.04. The first-order chi connectivity index (χ1) is 8.25. The van der Waals surface area contributed by atoms with Crippen molar-refractivity contribution in [3.8, 4) is 0 Å². The number of halogens is 2. The van der Waals surface area contributed by atoms with Crippen LogP contribution in [0.5, 0.6) is 0 Å². The van der Waals surface area contributed by atoms with Crippen molar-refractivity contribution in [3.05, 3.63) is 34.1 Å². The molecule has 17 heavy (non-hydrogen) atoms. The minimum Gasteiger partial charge on any atom is -0.316 e. The molecule has 2 atom stereocenters. The second-order valence-electron chi connectivity index (χ2n) is 4.76. The van der Waals surface area contributed by atoms with Crippen molar-refractivity contribution in [1.29, 1.82) is 0 Å². The Bertz CT molecular complexity index is 470. The zero-order valence-corrected chi connectivity index (χ0v) is 10.9. The van der Waals surface area contributed by atoms with Crippen LogP contribution in [-0.2, 0) is 0 Å². The minimum absolute atomic E-state index is 0.382. The van der Waals surface area contributed by atoms with E-state index < -0.39 is 0 Å². The quantitative estimate of drug-likeness (QED) is 0.790. The third kappa shape index (κ3) is 2.10. The Morgan fingerprint density at radius 2 is 2.18 bits per heavy atom. The van der Waals surface area contributed by atoms with Gasteiger partial charge >= 0.3 is 0 Å². The maximum atomic E-state index is 6.04. The van der Waals surface area contributed by atoms with Crippen molar-refractivity contribution < 1.29 is 0 Å². The first-order valence-electron chi connectivity index (χ1n) is 5.98. The number of allylic oxidation sites excluding steroid dienone is 1. The predicted octanol–water partition coefficient (Wildman–Crippen LogP) is 3.40. The number of nitrogens with one attached hydrogen (secondary N) is 1. The number of pyridine rings is 1. The van der Waals surface area contributed by atoms with Gasteiger partial charge in [-0.2, -0.15) is 0 Å². The fourth-order valence-electron chi connectivity index (χ4n) is 2.92. The molecule has 4 heteroatoms. The molecule has 90 valence electrons. The monoisotopic (exact) mass is 268 g/mol. The molecule has 1 aromatic rings. The lowest BCUT2D eigenvalue weighted by molar-refractivity contribution is 0.454. The number of hydrogen-bond donors (Lipinski definition) is 1. The SMILES string of the molecule is Clc1cc(C2=CCC[C@H]3CNC[C@@H]23)cnc1Cl. The van der Waals surface area contributed by atoms with Crippen LogP contribution in [0.25, 0.3) is 5.57 Å². The van der Waals surface area contributed by atoms with E-state index >= 15 is 0 Å². The zero-order valence-electron chi connectivity index (χ0n) is 9.42. The molecule has 1 saturated heterocycles. The average molecular weight is 269 g/mol. The summed E-state index contributed by atoms with van der Waals surface area (Å²) in [6.07, 6.45) is 6.60. The van der Waals surface area contributed by atoms with Crippen LogP contribution in [0.2, 0.25) is 10.2 Å². The highest BCUT2D eigenvalue weighted by Gasteiger charge is 2.32. The second kappa shape index (κ2) is 4.60. The van der Waals surface area contributed by atoms with E-state index in [9.17, 15) is 0 Å². The van der Waals surface area contributed by atoms with E-state index in [1.165, 1.54) is 12.0 Å². The van der Waals surface area contributed by atoms with Crippen molar-refractivity contribution >= 4 is 28.8 Å². The molecular weight excluding hydrogens is 255 g/mol. The van der Waals surface area contributed by atoms with E-state index in [0.717, 1.165) is 31.0 Å². The summed E-state index contributed by atoms with van der Waals surface area (Å²) in [6, 6.07) is 1.93. The van der Waals surface area contributed by atoms with Crippen molar-refractivity contribution in [1.82, 2.24) is 10.3 Å². The molecule has 0 amide bonds. The van der Waals surface area contributed by atoms with Crippen molar-refractivity contribution in [2.45, 2.75) is 12.8 Å². The fourth-order valence-corrected chi connectivity index (χ4v) is 3.19. The van der Waals surface area contributed by atoms with E-state index in [1.807, 2.05) is 12.3 Å². The molecular formula is C13H14Cl2N2. The Labute approximate surface area is 111 Å². The van der Waals surface area contributed by atoms with Crippen LogP contribution in [0, 0.1) is 11.8 Å². The molecule has 3 rings (SSSR count). The zero-order chi connectivity index (χ0) is 11.8. The smallest absolute Gasteiger partial charge is 0.147 e. The summed E-state index contributed by atoms with van der Waals surface area (Å²) in [5.41, 5.74) is 2.51. The third-order valence-electron chi connectivity index (χ3n) is 3.77. The number of nitrogens with zero attached hydrogens (tertiary/aromatic N) is 1. The van der Waals surface area contributed by atoms with Crippen LogP contribution < -0.4 is 5.32 Å². The van der Waals surface area contributed by atoms with Gasteiger partial charge in [0.25, 0.3) is 0 Å². The van der Waals surface area contributed by atoms with Gasteiger partial charge in [0.15, 0.2) is 0 Å². The first-order valence-corrected chi connectivity index (χ1v) is 6.73. The van der Waals surface area contributed by atoms with Gasteiger partial charge in [-0.25, -0.2) is 4.98 Å². The summed E-state index contributed by atoms with van der Waals surface area (Å²) in [5, 5.41) is 4.39. The summed E-state index contributed by atoms with van der Waals surface area (Å²) >= 11 is 11.9. The maximum Gasteiger partial charge on any atom is 0.147 e. The highest BCUT2D eigenvalue weighted by molar-refractivity contribution is 6.41. The summed E-state index contributed by atoms with van der Waals surface area (Å²) < 4.78 is 0. The van der Waals surface area contributed by atoms with Crippen LogP contribution in [-0.4, -0.2) is 18.1 Å². The van der Waals surface area contributed by atoms with Gasteiger partial charge in [-0.1, -0.05) is 29.3 Å². The topological polar surface area (TPSA) is 24.9 Å². The lowest BCUT2D eigenvalue weighted by Gasteiger charge is -2.26. The molecule has 0 spiro atoms. The van der Waals surface area contributed by atoms with Crippen molar-refractivity contribution in [3.63, 3.8) is 0 Å². The minimum atomic E-state index is 0.382. The number of aromatic nitrogens is 1. The second-order valence-corrected chi connectivity index (χ2v) is 5.52. The third-order valence-corrected chi connectivity index (χ3v) is 4.46. The molecule has 2 nitrogen and oxygen atoms in total. The Morgan fingerprint density at radius 3 is 3.00 bits per heavy atom. The number of fused-ring (bicyclic) bond motifs is 1. The van der Waals surface area contributed by atoms with E-state index in [1.54, 1.807) is 0 Å². The molecule has 1 aromatic heterocycles. The highest BCUT2D eigenvalue weighted by Crippen LogP contribution is 2.39. The van der Waals surface area contributed by atoms with Crippen LogP contribution in [0.1, 0.15) is 18.4 Å². The van der Waals surface area contributed by atoms with Gasteiger partial charge in [-0.05, 0) is 42.5 Å². The molecule has 0 radical (unpaired) electrons. The van der Waals surface area contributed by atoms with Gasteiger partial charge in [0, 0.05) is 18.7 Å². The van der Waals surface area contributed by atoms with E-state index in [0.29, 0.717) is 16.1 Å². The predicted molar refractivity (Wildman–Crippen MR) is 71.3 cm³/mol. The average Bonchev–Trinajstić information content (AvgIpc) is 2.80. The van der Waals surface area contributed by atoms with E-state index in [-0.39, 0.29) is 0 Å². The standard InChI is InChI=1S/C13H14Cl2N2/c14-12-4-9(6-17-13(12)15)10-3-1-2-8-5-16-7-11(8)10/h3-4,6,8,11,16H,1-2,5,7H2/t8-,11+/m0/s1. The van der Waals surface area contributed by atoms with Gasteiger partial charge in [-0.3, -0.25) is 0 Å². The molecule has 1 fully saturated rings. The molecule has 0 unspecified atom stereocenters. The lowest BCUT2D eigenvalue weighted by Crippen LogP contribution is -2.17. The van der Waals surface area contributed by atoms with Crippen LogP contribution in [0.4, 0.5) is 0 Å². The van der Waals surface area contributed by atoms with Crippen LogP contribution >= 0.6 is 23.2 Å². The molecule has 0 saturated carbocycles. The Hall–Kier alpha value is -0.570. The Balaban J connectivity index is 1.97. The fraction of sp³-hybridized carbons (Fsp3) is 0.462. The van der Waals surface area contributed by atoms with Gasteiger partial charge in [0.05, 0.1) is 5.02 Å². The van der Waals surface area contributed by atoms with Crippen LogP contribution in [0.3, 0.4) is 0 Å². The summed E-state index contributed by atoms with van der Waals surface area (Å²) in [6.45, 7) is 2.20. The van der Waals surface area contributed by atoms with Gasteiger partial charge < -0.3 is 5.32 Å². The molecule has 0 aromatic carbocycles. The molecule has 2 aliphatic rings. The normalized spacial score (nSPS) is 27.8. The summed E-state index contributed by atoms with van der Waals surface area (Å²) in [5.74, 6) is 1.38. The van der Waals surface area contributed by atoms with Crippen molar-refractivity contribution in [2.75, 3.05) is 13.1 Å². The molecule has 1 aliphatic heterocycles. The van der Waals surface area contributed by atoms with Gasteiger partial charge in [0.1, 0.15) is 5.15 Å². The summed E-state index contributed by atoms with van der Waals surface area (Å²) in [4.78, 5) is 4.14. The van der Waals surface area contributed by atoms with Gasteiger partial charge in [0.2, 0.25) is 0 Å². The van der Waals surface area contributed by atoms with E-state index in [2.05, 4.69) is 16.4 Å². The number of hydrogen-bond acceptors (Lipinski definition) is 2.